The van der Waals surface area contributed by atoms with E-state index in [1.807, 2.05) is 93.4 Å². The molecule has 0 radical (unpaired) electrons. The number of nitrogens with zero attached hydrogens (tertiary/aromatic N) is 6. The zero-order chi connectivity index (χ0) is 54.3. The van der Waals surface area contributed by atoms with Crippen molar-refractivity contribution in [1.82, 2.24) is 35.0 Å². The van der Waals surface area contributed by atoms with Crippen LogP contribution >= 0.6 is 27.3 Å². The normalized spacial score (nSPS) is 16.5. The van der Waals surface area contributed by atoms with E-state index in [-0.39, 0.29) is 55.7 Å². The lowest BCUT2D eigenvalue weighted by atomic mass is 9.84. The number of thiazole rings is 1. The second-order valence-electron chi connectivity index (χ2n) is 19.7. The van der Waals surface area contributed by atoms with Crippen LogP contribution in [0.4, 0.5) is 17.5 Å². The first kappa shape index (κ1) is 57.0. The average molecular weight is 1140 g/mol. The fraction of sp³-hybridized carbons (Fsp3) is 0.482. The standard InChI is InChI=1S/C56H70BrN9O10S/c1-36(2)49(66-33-41-9-5-6-12-45(41)54(66)70)55(71)65-34-43(67)30-47(65)52(68)59-31-40-14-13-39(50-37(3)61-35-77-50)29-48(40)76-28-26-74-24-22-72-21-23-73-25-27-75-44-17-15-42(16-18-44)62-56-60-32-46(57)51(63-56)58-19-8-20-64(4)53(69)38-10-7-11-38/h5-6,9,12-18,29,32,35-36,38,43,47,49,67H,7-8,10-11,19-28,30-31,33-34H2,1-4H3,(H,59,68)(H2,58,60,62,63)/t43-,47+,49+/m1/s1. The van der Waals surface area contributed by atoms with Crippen LogP contribution in [0.5, 0.6) is 11.5 Å². The lowest BCUT2D eigenvalue weighted by Crippen LogP contribution is -2.55. The highest BCUT2D eigenvalue weighted by Gasteiger charge is 2.46. The maximum Gasteiger partial charge on any atom is 0.255 e. The number of fused-ring (bicyclic) bond motifs is 1. The Kier molecular flexibility index (Phi) is 20.6. The number of likely N-dealkylation sites (tertiary alicyclic amines) is 1. The summed E-state index contributed by atoms with van der Waals surface area (Å²) in [6.45, 7) is 10.3. The van der Waals surface area contributed by atoms with Gasteiger partial charge in [-0.1, -0.05) is 50.6 Å². The van der Waals surface area contributed by atoms with Crippen molar-refractivity contribution < 1.29 is 48.0 Å². The molecule has 8 rings (SSSR count). The SMILES string of the molecule is Cc1ncsc1-c1ccc(CNC(=O)[C@@H]2C[C@@H](O)CN2C(=O)[C@H](C(C)C)N2Cc3ccccc3C2=O)c(OCCOCCOCCOCCOc2ccc(Nc3ncc(Br)c(NCCCN(C)C(=O)C4CCC4)n3)cc2)c1. The summed E-state index contributed by atoms with van der Waals surface area (Å²) in [7, 11) is 1.88. The smallest absolute Gasteiger partial charge is 0.255 e. The van der Waals surface area contributed by atoms with Gasteiger partial charge in [0.05, 0.1) is 66.3 Å². The van der Waals surface area contributed by atoms with Crippen molar-refractivity contribution in [1.29, 1.82) is 0 Å². The average Bonchev–Trinajstić information content (AvgIpc) is 4.14. The van der Waals surface area contributed by atoms with Crippen LogP contribution in [0.1, 0.15) is 73.1 Å². The van der Waals surface area contributed by atoms with Crippen molar-refractivity contribution in [2.45, 2.75) is 84.2 Å². The number of amides is 4. The summed E-state index contributed by atoms with van der Waals surface area (Å²) >= 11 is 5.05. The molecule has 4 amide bonds. The Labute approximate surface area is 462 Å². The maximum absolute atomic E-state index is 14.3. The minimum atomic E-state index is -0.914. The fourth-order valence-electron chi connectivity index (χ4n) is 9.50. The van der Waals surface area contributed by atoms with Gasteiger partial charge in [-0.2, -0.15) is 4.98 Å². The number of aromatic nitrogens is 3. The molecular formula is C56H70BrN9O10S. The lowest BCUT2D eigenvalue weighted by Gasteiger charge is -2.35. The van der Waals surface area contributed by atoms with Crippen LogP contribution < -0.4 is 25.4 Å². The largest absolute Gasteiger partial charge is 0.491 e. The lowest BCUT2D eigenvalue weighted by molar-refractivity contribution is -0.143. The van der Waals surface area contributed by atoms with Gasteiger partial charge in [0.15, 0.2) is 0 Å². The van der Waals surface area contributed by atoms with Gasteiger partial charge in [0.2, 0.25) is 23.7 Å². The van der Waals surface area contributed by atoms with E-state index in [9.17, 15) is 24.3 Å². The number of carbonyl (C=O) groups excluding carboxylic acids is 4. The monoisotopic (exact) mass is 1140 g/mol. The third-order valence-electron chi connectivity index (χ3n) is 13.8. The van der Waals surface area contributed by atoms with Crippen LogP contribution in [0, 0.1) is 18.8 Å². The molecule has 5 aromatic rings. The predicted octanol–water partition coefficient (Wildman–Crippen LogP) is 7.24. The first-order valence-electron chi connectivity index (χ1n) is 26.4. The Morgan fingerprint density at radius 3 is 2.31 bits per heavy atom. The van der Waals surface area contributed by atoms with E-state index in [0.29, 0.717) is 94.7 Å². The molecule has 77 heavy (non-hydrogen) atoms. The number of rotatable bonds is 29. The number of aliphatic hydroxyl groups excluding tert-OH is 1. The topological polar surface area (TPSA) is 219 Å². The van der Waals surface area contributed by atoms with E-state index in [1.165, 1.54) is 16.2 Å². The molecule has 2 fully saturated rings. The van der Waals surface area contributed by atoms with E-state index < -0.39 is 24.1 Å². The van der Waals surface area contributed by atoms with Gasteiger partial charge in [0.25, 0.3) is 5.91 Å². The van der Waals surface area contributed by atoms with E-state index in [1.54, 1.807) is 22.7 Å². The first-order chi connectivity index (χ1) is 37.3. The molecule has 3 aliphatic rings. The molecule has 4 N–H and O–H groups in total. The number of anilines is 3. The van der Waals surface area contributed by atoms with Gasteiger partial charge in [-0.25, -0.2) is 9.97 Å². The second-order valence-corrected chi connectivity index (χ2v) is 21.4. The van der Waals surface area contributed by atoms with Crippen LogP contribution in [0.2, 0.25) is 0 Å². The van der Waals surface area contributed by atoms with Gasteiger partial charge in [-0.3, -0.25) is 19.2 Å². The number of halogens is 1. The number of aliphatic hydroxyl groups is 1. The van der Waals surface area contributed by atoms with E-state index in [2.05, 4.69) is 46.8 Å². The van der Waals surface area contributed by atoms with E-state index in [0.717, 1.165) is 63.1 Å². The summed E-state index contributed by atoms with van der Waals surface area (Å²) in [5, 5.41) is 20.3. The van der Waals surface area contributed by atoms with Gasteiger partial charge in [-0.15, -0.1) is 11.3 Å². The van der Waals surface area contributed by atoms with Crippen LogP contribution in [0.3, 0.4) is 0 Å². The summed E-state index contributed by atoms with van der Waals surface area (Å²) in [5.74, 6) is 1.63. The van der Waals surface area contributed by atoms with Crippen molar-refractivity contribution in [3.8, 4) is 21.9 Å². The Balaban J connectivity index is 0.708. The molecule has 3 atom stereocenters. The van der Waals surface area contributed by atoms with Crippen molar-refractivity contribution in [3.05, 3.63) is 105 Å². The molecule has 412 valence electrons. The highest BCUT2D eigenvalue weighted by Crippen LogP contribution is 2.34. The maximum atomic E-state index is 14.3. The zero-order valence-corrected chi connectivity index (χ0v) is 46.6. The van der Waals surface area contributed by atoms with Gasteiger partial charge in [-0.05, 0) is 95.6 Å². The van der Waals surface area contributed by atoms with Gasteiger partial charge in [0.1, 0.15) is 42.6 Å². The molecule has 0 bridgehead atoms. The molecule has 2 aromatic heterocycles. The molecular weight excluding hydrogens is 1070 g/mol. The summed E-state index contributed by atoms with van der Waals surface area (Å²) in [5.41, 5.74) is 6.58. The number of nitrogens with one attached hydrogen (secondary N) is 3. The molecule has 2 aliphatic heterocycles. The van der Waals surface area contributed by atoms with Crippen LogP contribution in [0.15, 0.2) is 82.9 Å². The Morgan fingerprint density at radius 2 is 1.64 bits per heavy atom. The minimum absolute atomic E-state index is 0.00375. The van der Waals surface area contributed by atoms with Crippen LogP contribution in [-0.2, 0) is 41.7 Å². The number of hydrogen-bond acceptors (Lipinski definition) is 16. The second kappa shape index (κ2) is 27.9. The van der Waals surface area contributed by atoms with Crippen molar-refractivity contribution in [2.75, 3.05) is 90.2 Å². The van der Waals surface area contributed by atoms with Crippen molar-refractivity contribution >= 4 is 68.3 Å². The fourth-order valence-corrected chi connectivity index (χ4v) is 10.6. The predicted molar refractivity (Wildman–Crippen MR) is 296 cm³/mol. The molecule has 19 nitrogen and oxygen atoms in total. The minimum Gasteiger partial charge on any atom is -0.491 e. The quantitative estimate of drug-likeness (QED) is 0.0347. The van der Waals surface area contributed by atoms with Gasteiger partial charge in [0, 0.05) is 75.1 Å². The molecule has 1 saturated carbocycles. The Bertz CT molecular complexity index is 2780. The highest BCUT2D eigenvalue weighted by molar-refractivity contribution is 9.10. The number of benzene rings is 3. The molecule has 0 unspecified atom stereocenters. The number of hydrogen-bond donors (Lipinski definition) is 4. The molecule has 1 saturated heterocycles. The van der Waals surface area contributed by atoms with E-state index >= 15 is 0 Å². The summed E-state index contributed by atoms with van der Waals surface area (Å²) < 4.78 is 30.1. The number of carbonyl (C=O) groups is 4. The van der Waals surface area contributed by atoms with Crippen LogP contribution in [0.25, 0.3) is 10.4 Å². The van der Waals surface area contributed by atoms with Gasteiger partial charge >= 0.3 is 0 Å². The summed E-state index contributed by atoms with van der Waals surface area (Å²) in [6, 6.07) is 18.9. The van der Waals surface area contributed by atoms with E-state index in [4.69, 9.17) is 23.7 Å². The van der Waals surface area contributed by atoms with Crippen molar-refractivity contribution in [3.63, 3.8) is 0 Å². The van der Waals surface area contributed by atoms with Crippen molar-refractivity contribution in [2.24, 2.45) is 11.8 Å². The molecule has 1 aliphatic carbocycles. The number of aryl methyl sites for hydroxylation is 1. The third kappa shape index (κ3) is 15.3. The Morgan fingerprint density at radius 1 is 0.922 bits per heavy atom. The zero-order valence-electron chi connectivity index (χ0n) is 44.2. The first-order valence-corrected chi connectivity index (χ1v) is 28.1. The molecule has 4 heterocycles. The number of β-amino-alcohol motifs (C(OH)–C–C–N with tert-alkyl or cyclic N) is 1. The van der Waals surface area contributed by atoms with Crippen LogP contribution in [-0.4, -0.2) is 156 Å². The number of ether oxygens (including phenoxy) is 5. The highest BCUT2D eigenvalue weighted by atomic mass is 79.9. The summed E-state index contributed by atoms with van der Waals surface area (Å²) in [6.07, 6.45) is 4.86. The Hall–Kier alpha value is -6.23. The molecule has 21 heteroatoms. The summed E-state index contributed by atoms with van der Waals surface area (Å²) in [4.78, 5) is 73.3. The molecule has 3 aromatic carbocycles. The van der Waals surface area contributed by atoms with Gasteiger partial charge < -0.3 is 59.4 Å². The third-order valence-corrected chi connectivity index (χ3v) is 15.4. The molecule has 0 spiro atoms.